The van der Waals surface area contributed by atoms with Gasteiger partial charge in [0.15, 0.2) is 5.60 Å². The molecule has 1 saturated heterocycles. The van der Waals surface area contributed by atoms with E-state index in [1.54, 1.807) is 18.0 Å². The average molecular weight is 302 g/mol. The highest BCUT2D eigenvalue weighted by Gasteiger charge is 2.39. The van der Waals surface area contributed by atoms with Gasteiger partial charge in [-0.25, -0.2) is 4.98 Å². The van der Waals surface area contributed by atoms with Gasteiger partial charge in [-0.1, -0.05) is 6.07 Å². The van der Waals surface area contributed by atoms with E-state index in [2.05, 4.69) is 4.98 Å². The van der Waals surface area contributed by atoms with E-state index < -0.39 is 11.5 Å². The Balaban J connectivity index is 1.87. The Kier molecular flexibility index (Phi) is 3.37. The van der Waals surface area contributed by atoms with Crippen LogP contribution in [0.2, 0.25) is 0 Å². The number of nitrogens with two attached hydrogens (primary N) is 1. The molecule has 2 aromatic rings. The number of morpholine rings is 1. The monoisotopic (exact) mass is 302 g/mol. The molecule has 2 N–H and O–H groups in total. The lowest BCUT2D eigenvalue weighted by Crippen LogP contribution is -2.58. The molecule has 1 aliphatic heterocycles. The van der Waals surface area contributed by atoms with Crippen molar-refractivity contribution >= 4 is 17.5 Å². The third kappa shape index (κ3) is 2.43. The Labute approximate surface area is 127 Å². The molecule has 1 fully saturated rings. The Hall–Kier alpha value is -2.41. The third-order valence-corrected chi connectivity index (χ3v) is 3.90. The number of carbonyl (C=O) groups excluding carboxylic acids is 2. The molecule has 7 nitrogen and oxygen atoms in total. The average Bonchev–Trinajstić information content (AvgIpc) is 2.89. The largest absolute Gasteiger partial charge is 0.367 e. The lowest BCUT2D eigenvalue weighted by Gasteiger charge is -2.37. The Morgan fingerprint density at radius 1 is 1.36 bits per heavy atom. The summed E-state index contributed by atoms with van der Waals surface area (Å²) in [5.74, 6) is -0.798. The molecule has 0 radical (unpaired) electrons. The normalized spacial score (nSPS) is 22.0. The number of hydrogen-bond acceptors (Lipinski definition) is 4. The molecular weight excluding hydrogens is 284 g/mol. The molecule has 0 bridgehead atoms. The molecular formula is C15H18N4O3. The van der Waals surface area contributed by atoms with Crippen LogP contribution in [0.5, 0.6) is 0 Å². The van der Waals surface area contributed by atoms with Crippen LogP contribution < -0.4 is 5.73 Å². The van der Waals surface area contributed by atoms with Crippen LogP contribution in [0.15, 0.2) is 24.5 Å². The number of primary amides is 1. The van der Waals surface area contributed by atoms with Gasteiger partial charge in [0.25, 0.3) is 11.8 Å². The summed E-state index contributed by atoms with van der Waals surface area (Å²) >= 11 is 0. The zero-order valence-corrected chi connectivity index (χ0v) is 12.6. The lowest BCUT2D eigenvalue weighted by atomic mass is 10.0. The van der Waals surface area contributed by atoms with Crippen molar-refractivity contribution in [3.05, 3.63) is 35.8 Å². The highest BCUT2D eigenvalue weighted by Crippen LogP contribution is 2.19. The van der Waals surface area contributed by atoms with Crippen LogP contribution in [0.1, 0.15) is 23.0 Å². The first-order valence-corrected chi connectivity index (χ1v) is 7.07. The highest BCUT2D eigenvalue weighted by molar-refractivity contribution is 5.94. The van der Waals surface area contributed by atoms with Crippen LogP contribution in [0.3, 0.4) is 0 Å². The summed E-state index contributed by atoms with van der Waals surface area (Å²) in [4.78, 5) is 30.0. The number of pyridine rings is 1. The van der Waals surface area contributed by atoms with Crippen LogP contribution in [0.4, 0.5) is 0 Å². The van der Waals surface area contributed by atoms with Crippen LogP contribution in [-0.2, 0) is 9.53 Å². The molecule has 116 valence electrons. The van der Waals surface area contributed by atoms with Crippen molar-refractivity contribution in [3.8, 4) is 0 Å². The highest BCUT2D eigenvalue weighted by atomic mass is 16.5. The number of imidazole rings is 1. The number of fused-ring (bicyclic) bond motifs is 1. The second kappa shape index (κ2) is 5.10. The van der Waals surface area contributed by atoms with Crippen molar-refractivity contribution in [2.45, 2.75) is 19.4 Å². The summed E-state index contributed by atoms with van der Waals surface area (Å²) in [6, 6.07) is 3.80. The predicted molar refractivity (Wildman–Crippen MR) is 79.4 cm³/mol. The molecule has 0 unspecified atom stereocenters. The molecule has 2 aromatic heterocycles. The van der Waals surface area contributed by atoms with Crippen LogP contribution >= 0.6 is 0 Å². The van der Waals surface area contributed by atoms with E-state index in [-0.39, 0.29) is 19.1 Å². The molecule has 22 heavy (non-hydrogen) atoms. The fraction of sp³-hybridized carbons (Fsp3) is 0.400. The molecule has 0 aliphatic carbocycles. The SMILES string of the molecule is Cc1ccc2nc(C(=O)N3CCO[C@](C)(C(N)=O)C3)cn2c1. The van der Waals surface area contributed by atoms with Gasteiger partial charge in [-0.3, -0.25) is 9.59 Å². The molecule has 3 rings (SSSR count). The van der Waals surface area contributed by atoms with Gasteiger partial charge in [0.1, 0.15) is 11.3 Å². The second-order valence-electron chi connectivity index (χ2n) is 5.77. The summed E-state index contributed by atoms with van der Waals surface area (Å²) in [5, 5.41) is 0. The van der Waals surface area contributed by atoms with Gasteiger partial charge in [-0.15, -0.1) is 0 Å². The first-order chi connectivity index (χ1) is 10.4. The minimum Gasteiger partial charge on any atom is -0.367 e. The van der Waals surface area contributed by atoms with E-state index in [0.717, 1.165) is 5.56 Å². The summed E-state index contributed by atoms with van der Waals surface area (Å²) in [6.07, 6.45) is 3.60. The quantitative estimate of drug-likeness (QED) is 0.867. The molecule has 0 aromatic carbocycles. The topological polar surface area (TPSA) is 89.9 Å². The summed E-state index contributed by atoms with van der Waals surface area (Å²) < 4.78 is 7.24. The molecule has 1 atom stereocenters. The first kappa shape index (κ1) is 14.5. The van der Waals surface area contributed by atoms with Gasteiger partial charge in [0.05, 0.1) is 13.2 Å². The van der Waals surface area contributed by atoms with Crippen LogP contribution in [-0.4, -0.2) is 51.4 Å². The maximum atomic E-state index is 12.6. The van der Waals surface area contributed by atoms with Gasteiger partial charge in [0, 0.05) is 18.9 Å². The summed E-state index contributed by atoms with van der Waals surface area (Å²) in [7, 11) is 0. The zero-order valence-electron chi connectivity index (χ0n) is 12.6. The number of ether oxygens (including phenoxy) is 1. The first-order valence-electron chi connectivity index (χ1n) is 7.07. The zero-order chi connectivity index (χ0) is 15.9. The number of hydrogen-bond donors (Lipinski definition) is 1. The van der Waals surface area contributed by atoms with E-state index in [1.165, 1.54) is 0 Å². The lowest BCUT2D eigenvalue weighted by molar-refractivity contribution is -0.150. The molecule has 7 heteroatoms. The maximum Gasteiger partial charge on any atom is 0.274 e. The minimum atomic E-state index is -1.15. The fourth-order valence-corrected chi connectivity index (χ4v) is 2.56. The fourth-order valence-electron chi connectivity index (χ4n) is 2.56. The Bertz CT molecular complexity index is 754. The van der Waals surface area contributed by atoms with Gasteiger partial charge in [-0.2, -0.15) is 0 Å². The van der Waals surface area contributed by atoms with Crippen molar-refractivity contribution in [3.63, 3.8) is 0 Å². The number of carbonyl (C=O) groups is 2. The number of nitrogens with zero attached hydrogens (tertiary/aromatic N) is 3. The number of aromatic nitrogens is 2. The van der Waals surface area contributed by atoms with Crippen molar-refractivity contribution in [2.24, 2.45) is 5.73 Å². The minimum absolute atomic E-state index is 0.133. The van der Waals surface area contributed by atoms with Gasteiger partial charge < -0.3 is 19.8 Å². The van der Waals surface area contributed by atoms with Gasteiger partial charge in [0.2, 0.25) is 0 Å². The standard InChI is InChI=1S/C15H18N4O3/c1-10-3-4-12-17-11(8-19(12)7-10)13(20)18-5-6-22-15(2,9-18)14(16)21/h3-4,7-8H,5-6,9H2,1-2H3,(H2,16,21)/t15-/m0/s1. The molecule has 1 aliphatic rings. The number of rotatable bonds is 2. The van der Waals surface area contributed by atoms with E-state index in [1.807, 2.05) is 29.7 Å². The van der Waals surface area contributed by atoms with E-state index >= 15 is 0 Å². The van der Waals surface area contributed by atoms with Crippen molar-refractivity contribution in [1.29, 1.82) is 0 Å². The molecule has 3 heterocycles. The second-order valence-corrected chi connectivity index (χ2v) is 5.77. The predicted octanol–water partition coefficient (Wildman–Crippen LogP) is 0.359. The molecule has 0 saturated carbocycles. The number of aryl methyl sites for hydroxylation is 1. The van der Waals surface area contributed by atoms with Gasteiger partial charge >= 0.3 is 0 Å². The molecule has 2 amide bonds. The van der Waals surface area contributed by atoms with E-state index in [0.29, 0.717) is 17.9 Å². The molecule has 0 spiro atoms. The van der Waals surface area contributed by atoms with Crippen molar-refractivity contribution in [1.82, 2.24) is 14.3 Å². The van der Waals surface area contributed by atoms with Gasteiger partial charge in [-0.05, 0) is 25.5 Å². The van der Waals surface area contributed by atoms with Crippen LogP contribution in [0.25, 0.3) is 5.65 Å². The number of amides is 2. The van der Waals surface area contributed by atoms with Crippen molar-refractivity contribution in [2.75, 3.05) is 19.7 Å². The Morgan fingerprint density at radius 3 is 2.86 bits per heavy atom. The summed E-state index contributed by atoms with van der Waals surface area (Å²) in [5.41, 5.74) is 6.34. The maximum absolute atomic E-state index is 12.6. The third-order valence-electron chi connectivity index (χ3n) is 3.90. The van der Waals surface area contributed by atoms with Crippen molar-refractivity contribution < 1.29 is 14.3 Å². The van der Waals surface area contributed by atoms with E-state index in [4.69, 9.17) is 10.5 Å². The smallest absolute Gasteiger partial charge is 0.274 e. The summed E-state index contributed by atoms with van der Waals surface area (Å²) in [6.45, 7) is 4.39. The van der Waals surface area contributed by atoms with Crippen LogP contribution in [0, 0.1) is 6.92 Å². The Morgan fingerprint density at radius 2 is 2.14 bits per heavy atom. The van der Waals surface area contributed by atoms with E-state index in [9.17, 15) is 9.59 Å².